The number of aryl methyl sites for hydroxylation is 2. The zero-order chi connectivity index (χ0) is 15.5. The highest BCUT2D eigenvalue weighted by atomic mass is 14.0. The highest BCUT2D eigenvalue weighted by Crippen LogP contribution is 2.20. The van der Waals surface area contributed by atoms with Crippen molar-refractivity contribution in [3.63, 3.8) is 0 Å². The zero-order valence-electron chi connectivity index (χ0n) is 14.2. The van der Waals surface area contributed by atoms with Crippen molar-refractivity contribution in [1.82, 2.24) is 0 Å². The van der Waals surface area contributed by atoms with Crippen LogP contribution in [0.2, 0.25) is 0 Å². The monoisotopic (exact) mass is 270 g/mol. The molecule has 0 aliphatic rings. The Balaban J connectivity index is 0.000000521. The second kappa shape index (κ2) is 10.3. The predicted molar refractivity (Wildman–Crippen MR) is 93.2 cm³/mol. The van der Waals surface area contributed by atoms with Crippen LogP contribution in [0.15, 0.2) is 48.5 Å². The van der Waals surface area contributed by atoms with Crippen molar-refractivity contribution in [3.8, 4) is 11.1 Å². The van der Waals surface area contributed by atoms with Gasteiger partial charge in [0.05, 0.1) is 0 Å². The fourth-order valence-corrected chi connectivity index (χ4v) is 1.57. The molecule has 0 heterocycles. The fourth-order valence-electron chi connectivity index (χ4n) is 1.57. The largest absolute Gasteiger partial charge is 0.0683 e. The minimum atomic E-state index is 0.833. The molecule has 2 rings (SSSR count). The van der Waals surface area contributed by atoms with E-state index in [0.29, 0.717) is 0 Å². The number of benzene rings is 2. The molecule has 0 heteroatoms. The summed E-state index contributed by atoms with van der Waals surface area (Å²) in [5.74, 6) is 0.833. The van der Waals surface area contributed by atoms with Gasteiger partial charge in [-0.1, -0.05) is 94.3 Å². The van der Waals surface area contributed by atoms with Gasteiger partial charge in [0.1, 0.15) is 0 Å². The van der Waals surface area contributed by atoms with Crippen LogP contribution in [-0.4, -0.2) is 0 Å². The van der Waals surface area contributed by atoms with Gasteiger partial charge >= 0.3 is 0 Å². The summed E-state index contributed by atoms with van der Waals surface area (Å²) in [6.45, 7) is 14.7. The molecule has 0 amide bonds. The lowest BCUT2D eigenvalue weighted by Gasteiger charge is -2.02. The highest BCUT2D eigenvalue weighted by Gasteiger charge is 1.96. The minimum absolute atomic E-state index is 0.833. The molecule has 0 radical (unpaired) electrons. The Bertz CT molecular complexity index is 461. The van der Waals surface area contributed by atoms with Crippen LogP contribution in [-0.2, 0) is 0 Å². The molecule has 0 fully saturated rings. The number of hydrogen-bond donors (Lipinski definition) is 0. The number of hydrogen-bond acceptors (Lipinski definition) is 0. The summed E-state index contributed by atoms with van der Waals surface area (Å²) >= 11 is 0. The first-order valence-corrected chi connectivity index (χ1v) is 7.62. The van der Waals surface area contributed by atoms with E-state index in [1.807, 2.05) is 13.8 Å². The molecule has 0 saturated carbocycles. The van der Waals surface area contributed by atoms with E-state index < -0.39 is 0 Å². The van der Waals surface area contributed by atoms with Crippen LogP contribution in [0.1, 0.15) is 45.7 Å². The Labute approximate surface area is 125 Å². The van der Waals surface area contributed by atoms with Crippen LogP contribution in [0.5, 0.6) is 0 Å². The van der Waals surface area contributed by atoms with Gasteiger partial charge in [0, 0.05) is 0 Å². The summed E-state index contributed by atoms with van der Waals surface area (Å²) < 4.78 is 0. The van der Waals surface area contributed by atoms with E-state index in [4.69, 9.17) is 0 Å². The van der Waals surface area contributed by atoms with Gasteiger partial charge in [0.25, 0.3) is 0 Å². The molecule has 2 aromatic carbocycles. The van der Waals surface area contributed by atoms with E-state index in [-0.39, 0.29) is 0 Å². The second-order valence-corrected chi connectivity index (χ2v) is 5.47. The molecule has 0 aliphatic carbocycles. The summed E-state index contributed by atoms with van der Waals surface area (Å²) in [6, 6.07) is 17.2. The van der Waals surface area contributed by atoms with E-state index in [1.165, 1.54) is 22.3 Å². The molecule has 0 atom stereocenters. The van der Waals surface area contributed by atoms with E-state index in [2.05, 4.69) is 83.1 Å². The quantitative estimate of drug-likeness (QED) is 0.543. The highest BCUT2D eigenvalue weighted by molar-refractivity contribution is 5.64. The number of rotatable bonds is 1. The first kappa shape index (κ1) is 18.4. The van der Waals surface area contributed by atoms with E-state index in [9.17, 15) is 0 Å². The predicted octanol–water partition coefficient (Wildman–Crippen LogP) is 6.66. The van der Waals surface area contributed by atoms with Crippen LogP contribution in [0.25, 0.3) is 11.1 Å². The zero-order valence-corrected chi connectivity index (χ0v) is 14.2. The maximum atomic E-state index is 2.21. The van der Waals surface area contributed by atoms with Crippen LogP contribution >= 0.6 is 0 Å². The molecule has 0 aliphatic heterocycles. The van der Waals surface area contributed by atoms with Gasteiger partial charge in [0.15, 0.2) is 0 Å². The Morgan fingerprint density at radius 1 is 0.650 bits per heavy atom. The molecule has 0 unspecified atom stereocenters. The SMILES string of the molecule is CC.CC(C)C.Cc1ccc(-c2cccc(C)c2)cc1. The molecule has 0 nitrogen and oxygen atoms in total. The molecule has 2 aromatic rings. The van der Waals surface area contributed by atoms with Gasteiger partial charge < -0.3 is 0 Å². The third-order valence-electron chi connectivity index (χ3n) is 2.40. The molecule has 0 N–H and O–H groups in total. The summed E-state index contributed by atoms with van der Waals surface area (Å²) in [5, 5.41) is 0. The summed E-state index contributed by atoms with van der Waals surface area (Å²) in [4.78, 5) is 0. The average Bonchev–Trinajstić information content (AvgIpc) is 2.41. The van der Waals surface area contributed by atoms with Crippen LogP contribution in [0.3, 0.4) is 0 Å². The first-order chi connectivity index (χ1) is 9.49. The van der Waals surface area contributed by atoms with E-state index in [1.54, 1.807) is 0 Å². The van der Waals surface area contributed by atoms with Crippen molar-refractivity contribution in [1.29, 1.82) is 0 Å². The molecule has 0 spiro atoms. The average molecular weight is 270 g/mol. The van der Waals surface area contributed by atoms with Crippen LogP contribution in [0.4, 0.5) is 0 Å². The van der Waals surface area contributed by atoms with Gasteiger partial charge in [-0.05, 0) is 30.9 Å². The molecule has 0 bridgehead atoms. The van der Waals surface area contributed by atoms with Crippen molar-refractivity contribution < 1.29 is 0 Å². The van der Waals surface area contributed by atoms with E-state index >= 15 is 0 Å². The topological polar surface area (TPSA) is 0 Å². The maximum absolute atomic E-state index is 2.21. The first-order valence-electron chi connectivity index (χ1n) is 7.62. The summed E-state index contributed by atoms with van der Waals surface area (Å²) in [7, 11) is 0. The molecular weight excluding hydrogens is 240 g/mol. The standard InChI is InChI=1S/C14H14.C4H10.C2H6/c1-11-6-8-13(9-7-11)14-5-3-4-12(2)10-14;1-4(2)3;1-2/h3-10H,1-2H3;4H,1-3H3;1-2H3. The Hall–Kier alpha value is -1.56. The maximum Gasteiger partial charge on any atom is -0.0181 e. The van der Waals surface area contributed by atoms with Gasteiger partial charge in [-0.2, -0.15) is 0 Å². The summed E-state index contributed by atoms with van der Waals surface area (Å²) in [6.07, 6.45) is 0. The molecule has 0 saturated heterocycles. The van der Waals surface area contributed by atoms with Crippen molar-refractivity contribution in [2.45, 2.75) is 48.5 Å². The molecule has 110 valence electrons. The smallest absolute Gasteiger partial charge is 0.0181 e. The third-order valence-corrected chi connectivity index (χ3v) is 2.40. The van der Waals surface area contributed by atoms with Crippen molar-refractivity contribution in [3.05, 3.63) is 59.7 Å². The van der Waals surface area contributed by atoms with Crippen LogP contribution in [0, 0.1) is 19.8 Å². The van der Waals surface area contributed by atoms with Gasteiger partial charge in [-0.25, -0.2) is 0 Å². The Morgan fingerprint density at radius 2 is 1.15 bits per heavy atom. The normalized spacial score (nSPS) is 9.20. The van der Waals surface area contributed by atoms with Gasteiger partial charge in [-0.3, -0.25) is 0 Å². The van der Waals surface area contributed by atoms with Crippen molar-refractivity contribution >= 4 is 0 Å². The fraction of sp³-hybridized carbons (Fsp3) is 0.400. The van der Waals surface area contributed by atoms with Gasteiger partial charge in [0.2, 0.25) is 0 Å². The molecule has 20 heavy (non-hydrogen) atoms. The third kappa shape index (κ3) is 7.78. The van der Waals surface area contributed by atoms with E-state index in [0.717, 1.165) is 5.92 Å². The Kier molecular flexibility index (Phi) is 9.45. The lowest BCUT2D eigenvalue weighted by Crippen LogP contribution is -1.79. The molecular formula is C20H30. The van der Waals surface area contributed by atoms with Crippen molar-refractivity contribution in [2.75, 3.05) is 0 Å². The Morgan fingerprint density at radius 3 is 1.60 bits per heavy atom. The second-order valence-electron chi connectivity index (χ2n) is 5.47. The van der Waals surface area contributed by atoms with Crippen LogP contribution < -0.4 is 0 Å². The van der Waals surface area contributed by atoms with Crippen molar-refractivity contribution in [2.24, 2.45) is 5.92 Å². The minimum Gasteiger partial charge on any atom is -0.0683 e. The summed E-state index contributed by atoms with van der Waals surface area (Å²) in [5.41, 5.74) is 5.20. The molecule has 0 aromatic heterocycles. The lowest BCUT2D eigenvalue weighted by atomic mass is 10.0. The van der Waals surface area contributed by atoms with Gasteiger partial charge in [-0.15, -0.1) is 0 Å². The lowest BCUT2D eigenvalue weighted by molar-refractivity contribution is 0.737.